The first-order valence-corrected chi connectivity index (χ1v) is 6.99. The van der Waals surface area contributed by atoms with Gasteiger partial charge in [0.15, 0.2) is 0 Å². The van der Waals surface area contributed by atoms with E-state index >= 15 is 0 Å². The molecule has 6 heteroatoms. The van der Waals surface area contributed by atoms with Crippen molar-refractivity contribution in [2.45, 2.75) is 38.5 Å². The van der Waals surface area contributed by atoms with E-state index in [1.165, 1.54) is 0 Å². The first-order valence-electron chi connectivity index (χ1n) is 6.11. The van der Waals surface area contributed by atoms with Crippen LogP contribution in [0.1, 0.15) is 23.5 Å². The topological polar surface area (TPSA) is 68.5 Å². The van der Waals surface area contributed by atoms with Crippen molar-refractivity contribution in [1.29, 1.82) is 0 Å². The quantitative estimate of drug-likeness (QED) is 0.882. The highest BCUT2D eigenvalue weighted by atomic mass is 32.1. The van der Waals surface area contributed by atoms with Gasteiger partial charge in [0, 0.05) is 19.0 Å². The summed E-state index contributed by atoms with van der Waals surface area (Å²) in [6, 6.07) is 0. The molecule has 1 aromatic rings. The SMILES string of the molecule is Cc1nc(CN(C)C(=O)C2CCC(CN)O2)cs1. The Kier molecular flexibility index (Phi) is 4.31. The number of ether oxygens (including phenoxy) is 1. The smallest absolute Gasteiger partial charge is 0.251 e. The first kappa shape index (κ1) is 13.5. The van der Waals surface area contributed by atoms with Crippen molar-refractivity contribution in [2.24, 2.45) is 5.73 Å². The molecule has 1 aromatic heterocycles. The van der Waals surface area contributed by atoms with Gasteiger partial charge in [-0.05, 0) is 19.8 Å². The Morgan fingerprint density at radius 1 is 1.67 bits per heavy atom. The zero-order valence-electron chi connectivity index (χ0n) is 10.8. The first-order chi connectivity index (χ1) is 8.60. The summed E-state index contributed by atoms with van der Waals surface area (Å²) in [5, 5.41) is 3.00. The standard InChI is InChI=1S/C12H19N3O2S/c1-8-14-9(7-18-8)6-15(2)12(16)11-4-3-10(5-13)17-11/h7,10-11H,3-6,13H2,1-2H3. The summed E-state index contributed by atoms with van der Waals surface area (Å²) < 4.78 is 5.60. The van der Waals surface area contributed by atoms with Crippen LogP contribution in [0.15, 0.2) is 5.38 Å². The fourth-order valence-electron chi connectivity index (χ4n) is 2.11. The summed E-state index contributed by atoms with van der Waals surface area (Å²) in [5.41, 5.74) is 6.47. The number of nitrogens with two attached hydrogens (primary N) is 1. The molecule has 1 amide bonds. The molecule has 1 aliphatic heterocycles. The summed E-state index contributed by atoms with van der Waals surface area (Å²) in [6.45, 7) is 2.98. The van der Waals surface area contributed by atoms with Crippen LogP contribution in [0.5, 0.6) is 0 Å². The van der Waals surface area contributed by atoms with Gasteiger partial charge in [0.05, 0.1) is 23.4 Å². The van der Waals surface area contributed by atoms with Gasteiger partial charge in [0.25, 0.3) is 5.91 Å². The van der Waals surface area contributed by atoms with Gasteiger partial charge < -0.3 is 15.4 Å². The van der Waals surface area contributed by atoms with Crippen LogP contribution >= 0.6 is 11.3 Å². The van der Waals surface area contributed by atoms with Crippen molar-refractivity contribution in [3.63, 3.8) is 0 Å². The van der Waals surface area contributed by atoms with Crippen LogP contribution < -0.4 is 5.73 Å². The van der Waals surface area contributed by atoms with Crippen LogP contribution in [0.3, 0.4) is 0 Å². The molecule has 2 unspecified atom stereocenters. The Balaban J connectivity index is 1.89. The minimum Gasteiger partial charge on any atom is -0.364 e. The van der Waals surface area contributed by atoms with Crippen LogP contribution in [-0.2, 0) is 16.1 Å². The number of carbonyl (C=O) groups excluding carboxylic acids is 1. The van der Waals surface area contributed by atoms with Gasteiger partial charge in [0.1, 0.15) is 6.10 Å². The van der Waals surface area contributed by atoms with Gasteiger partial charge in [-0.1, -0.05) is 0 Å². The molecule has 2 N–H and O–H groups in total. The number of likely N-dealkylation sites (N-methyl/N-ethyl adjacent to an activating group) is 1. The van der Waals surface area contributed by atoms with Gasteiger partial charge in [0.2, 0.25) is 0 Å². The molecule has 0 radical (unpaired) electrons. The van der Waals surface area contributed by atoms with Crippen molar-refractivity contribution in [3.8, 4) is 0 Å². The number of carbonyl (C=O) groups is 1. The van der Waals surface area contributed by atoms with E-state index in [4.69, 9.17) is 10.5 Å². The van der Waals surface area contributed by atoms with Crippen LogP contribution in [0, 0.1) is 6.92 Å². The molecule has 5 nitrogen and oxygen atoms in total. The number of hydrogen-bond donors (Lipinski definition) is 1. The summed E-state index contributed by atoms with van der Waals surface area (Å²) in [4.78, 5) is 18.2. The van der Waals surface area contributed by atoms with Crippen LogP contribution in [0.25, 0.3) is 0 Å². The van der Waals surface area contributed by atoms with E-state index < -0.39 is 0 Å². The maximum Gasteiger partial charge on any atom is 0.251 e. The normalized spacial score (nSPS) is 23.3. The van der Waals surface area contributed by atoms with Gasteiger partial charge in [-0.25, -0.2) is 4.98 Å². The molecule has 18 heavy (non-hydrogen) atoms. The summed E-state index contributed by atoms with van der Waals surface area (Å²) in [5.74, 6) is 0.0246. The molecule has 1 fully saturated rings. The Hall–Kier alpha value is -0.980. The van der Waals surface area contributed by atoms with Crippen molar-refractivity contribution in [3.05, 3.63) is 16.1 Å². The molecule has 0 spiro atoms. The lowest BCUT2D eigenvalue weighted by atomic mass is 10.2. The van der Waals surface area contributed by atoms with Gasteiger partial charge in [-0.3, -0.25) is 4.79 Å². The van der Waals surface area contributed by atoms with Crippen molar-refractivity contribution in [1.82, 2.24) is 9.88 Å². The minimum atomic E-state index is -0.330. The average Bonchev–Trinajstić information content (AvgIpc) is 2.97. The van der Waals surface area contributed by atoms with Crippen molar-refractivity contribution in [2.75, 3.05) is 13.6 Å². The number of aryl methyl sites for hydroxylation is 1. The van der Waals surface area contributed by atoms with E-state index in [1.54, 1.807) is 23.3 Å². The second kappa shape index (κ2) is 5.77. The highest BCUT2D eigenvalue weighted by Gasteiger charge is 2.31. The lowest BCUT2D eigenvalue weighted by Crippen LogP contribution is -2.36. The Bertz CT molecular complexity index is 421. The van der Waals surface area contributed by atoms with E-state index in [-0.39, 0.29) is 18.1 Å². The average molecular weight is 269 g/mol. The zero-order chi connectivity index (χ0) is 13.1. The number of rotatable bonds is 4. The third-order valence-corrected chi connectivity index (χ3v) is 3.91. The molecule has 2 heterocycles. The van der Waals surface area contributed by atoms with Crippen molar-refractivity contribution >= 4 is 17.2 Å². The summed E-state index contributed by atoms with van der Waals surface area (Å²) >= 11 is 1.60. The third kappa shape index (κ3) is 3.07. The molecule has 100 valence electrons. The Labute approximate surface area is 111 Å². The number of hydrogen-bond acceptors (Lipinski definition) is 5. The Morgan fingerprint density at radius 2 is 2.44 bits per heavy atom. The van der Waals surface area contributed by atoms with E-state index in [0.29, 0.717) is 13.1 Å². The molecule has 1 saturated heterocycles. The summed E-state index contributed by atoms with van der Waals surface area (Å²) in [6.07, 6.45) is 1.34. The fourth-order valence-corrected chi connectivity index (χ4v) is 2.71. The lowest BCUT2D eigenvalue weighted by Gasteiger charge is -2.20. The zero-order valence-corrected chi connectivity index (χ0v) is 11.6. The van der Waals surface area contributed by atoms with Crippen LogP contribution in [0.2, 0.25) is 0 Å². The fraction of sp³-hybridized carbons (Fsp3) is 0.667. The number of nitrogens with zero attached hydrogens (tertiary/aromatic N) is 2. The van der Waals surface area contributed by atoms with Gasteiger partial charge in [-0.2, -0.15) is 0 Å². The minimum absolute atomic E-state index is 0.0246. The molecule has 2 atom stereocenters. The molecule has 1 aliphatic rings. The maximum absolute atomic E-state index is 12.2. The molecule has 0 aromatic carbocycles. The molecular weight excluding hydrogens is 250 g/mol. The third-order valence-electron chi connectivity index (χ3n) is 3.09. The van der Waals surface area contributed by atoms with Gasteiger partial charge >= 0.3 is 0 Å². The predicted molar refractivity (Wildman–Crippen MR) is 70.3 cm³/mol. The molecule has 0 aliphatic carbocycles. The lowest BCUT2D eigenvalue weighted by molar-refractivity contribution is -0.141. The monoisotopic (exact) mass is 269 g/mol. The van der Waals surface area contributed by atoms with E-state index in [1.807, 2.05) is 12.3 Å². The second-order valence-electron chi connectivity index (χ2n) is 4.61. The molecule has 0 bridgehead atoms. The summed E-state index contributed by atoms with van der Waals surface area (Å²) in [7, 11) is 1.79. The highest BCUT2D eigenvalue weighted by molar-refractivity contribution is 7.09. The Morgan fingerprint density at radius 3 is 3.00 bits per heavy atom. The number of thiazole rings is 1. The number of aromatic nitrogens is 1. The molecular formula is C12H19N3O2S. The molecule has 0 saturated carbocycles. The van der Waals surface area contributed by atoms with E-state index in [0.717, 1.165) is 23.5 Å². The van der Waals surface area contributed by atoms with Gasteiger partial charge in [-0.15, -0.1) is 11.3 Å². The van der Waals surface area contributed by atoms with E-state index in [2.05, 4.69) is 4.98 Å². The van der Waals surface area contributed by atoms with Crippen molar-refractivity contribution < 1.29 is 9.53 Å². The van der Waals surface area contributed by atoms with Crippen LogP contribution in [0.4, 0.5) is 0 Å². The second-order valence-corrected chi connectivity index (χ2v) is 5.67. The maximum atomic E-state index is 12.2. The predicted octanol–water partition coefficient (Wildman–Crippen LogP) is 0.916. The molecule has 2 rings (SSSR count). The largest absolute Gasteiger partial charge is 0.364 e. The van der Waals surface area contributed by atoms with Crippen LogP contribution in [-0.4, -0.2) is 41.6 Å². The highest BCUT2D eigenvalue weighted by Crippen LogP contribution is 2.21. The number of amides is 1. The van der Waals surface area contributed by atoms with E-state index in [9.17, 15) is 4.79 Å².